The van der Waals surface area contributed by atoms with Gasteiger partial charge in [-0.15, -0.1) is 0 Å². The van der Waals surface area contributed by atoms with Gasteiger partial charge in [-0.1, -0.05) is 0 Å². The molecule has 78 valence electrons. The van der Waals surface area contributed by atoms with Crippen LogP contribution in [0, 0.1) is 0 Å². The summed E-state index contributed by atoms with van der Waals surface area (Å²) in [7, 11) is 0. The third kappa shape index (κ3) is 2.10. The molecule has 0 aromatic carbocycles. The average molecular weight is 198 g/mol. The minimum atomic E-state index is -0.710. The first-order valence-corrected chi connectivity index (χ1v) is 4.57. The normalized spacial score (nSPS) is 26.5. The lowest BCUT2D eigenvalue weighted by Crippen LogP contribution is -2.52. The molecule has 0 aromatic heterocycles. The molecule has 1 rings (SSSR count). The molecule has 0 aromatic rings. The van der Waals surface area contributed by atoms with Gasteiger partial charge in [0, 0.05) is 5.71 Å². The first kappa shape index (κ1) is 10.7. The van der Waals surface area contributed by atoms with E-state index in [1.807, 2.05) is 0 Å². The summed E-state index contributed by atoms with van der Waals surface area (Å²) < 4.78 is 4.80. The van der Waals surface area contributed by atoms with Crippen molar-refractivity contribution >= 4 is 17.6 Å². The predicted octanol–water partition coefficient (Wildman–Crippen LogP) is -0.103. The van der Waals surface area contributed by atoms with Crippen molar-refractivity contribution in [2.75, 3.05) is 6.61 Å². The maximum Gasteiger partial charge on any atom is 0.334 e. The van der Waals surface area contributed by atoms with Crippen LogP contribution in [0.5, 0.6) is 0 Å². The Labute approximate surface area is 82.5 Å². The van der Waals surface area contributed by atoms with E-state index in [9.17, 15) is 9.59 Å². The average Bonchev–Trinajstić information content (AvgIpc) is 2.11. The zero-order valence-corrected chi connectivity index (χ0v) is 8.53. The number of ether oxygens (including phenoxy) is 1. The summed E-state index contributed by atoms with van der Waals surface area (Å²) in [5.74, 6) is -0.692. The molecule has 0 saturated heterocycles. The molecule has 0 spiro atoms. The number of hydrogen-bond acceptors (Lipinski definition) is 4. The fourth-order valence-corrected chi connectivity index (χ4v) is 1.26. The van der Waals surface area contributed by atoms with Crippen LogP contribution in [0.4, 0.5) is 0 Å². The van der Waals surface area contributed by atoms with Gasteiger partial charge >= 0.3 is 5.97 Å². The lowest BCUT2D eigenvalue weighted by Gasteiger charge is -2.23. The van der Waals surface area contributed by atoms with Crippen LogP contribution < -0.4 is 5.32 Å². The van der Waals surface area contributed by atoms with E-state index in [1.165, 1.54) is 0 Å². The van der Waals surface area contributed by atoms with Crippen molar-refractivity contribution in [3.05, 3.63) is 0 Å². The van der Waals surface area contributed by atoms with Crippen LogP contribution in [0.15, 0.2) is 4.99 Å². The molecule has 14 heavy (non-hydrogen) atoms. The van der Waals surface area contributed by atoms with Crippen molar-refractivity contribution in [3.63, 3.8) is 0 Å². The Morgan fingerprint density at radius 1 is 1.64 bits per heavy atom. The van der Waals surface area contributed by atoms with Crippen molar-refractivity contribution in [1.29, 1.82) is 0 Å². The number of esters is 1. The maximum absolute atomic E-state index is 11.3. The van der Waals surface area contributed by atoms with Gasteiger partial charge in [0.1, 0.15) is 6.04 Å². The number of rotatable bonds is 2. The summed E-state index contributed by atoms with van der Waals surface area (Å²) in [5, 5.41) is 2.56. The molecule has 0 bridgehead atoms. The van der Waals surface area contributed by atoms with Crippen molar-refractivity contribution in [3.8, 4) is 0 Å². The summed E-state index contributed by atoms with van der Waals surface area (Å²) in [6, 6.07) is -1.13. The van der Waals surface area contributed by atoms with Gasteiger partial charge in [0.2, 0.25) is 5.91 Å². The molecule has 2 atom stereocenters. The van der Waals surface area contributed by atoms with E-state index in [1.54, 1.807) is 20.8 Å². The van der Waals surface area contributed by atoms with E-state index in [4.69, 9.17) is 4.74 Å². The van der Waals surface area contributed by atoms with Crippen molar-refractivity contribution in [2.45, 2.75) is 32.9 Å². The number of nitrogens with one attached hydrogen (secondary N) is 1. The molecule has 0 aliphatic carbocycles. The van der Waals surface area contributed by atoms with Gasteiger partial charge in [-0.25, -0.2) is 4.79 Å². The topological polar surface area (TPSA) is 67.8 Å². The Hall–Kier alpha value is -1.39. The number of amides is 1. The summed E-state index contributed by atoms with van der Waals surface area (Å²) in [6.45, 7) is 5.41. The first-order valence-electron chi connectivity index (χ1n) is 4.57. The van der Waals surface area contributed by atoms with E-state index in [2.05, 4.69) is 10.3 Å². The minimum absolute atomic E-state index is 0.242. The number of nitrogens with zero attached hydrogens (tertiary/aromatic N) is 1. The number of aliphatic imine (C=N–C) groups is 1. The predicted molar refractivity (Wildman–Crippen MR) is 51.1 cm³/mol. The van der Waals surface area contributed by atoms with E-state index < -0.39 is 18.1 Å². The molecule has 5 heteroatoms. The van der Waals surface area contributed by atoms with Crippen LogP contribution in [0.1, 0.15) is 20.8 Å². The lowest BCUT2D eigenvalue weighted by atomic mass is 10.1. The van der Waals surface area contributed by atoms with Gasteiger partial charge in [0.25, 0.3) is 0 Å². The van der Waals surface area contributed by atoms with Gasteiger partial charge in [-0.2, -0.15) is 0 Å². The largest absolute Gasteiger partial charge is 0.464 e. The van der Waals surface area contributed by atoms with Crippen LogP contribution in [0.25, 0.3) is 0 Å². The van der Waals surface area contributed by atoms with Gasteiger partial charge in [0.15, 0.2) is 6.04 Å². The highest BCUT2D eigenvalue weighted by Crippen LogP contribution is 2.04. The summed E-state index contributed by atoms with van der Waals surface area (Å²) in [5.41, 5.74) is 0.593. The second kappa shape index (κ2) is 4.21. The summed E-state index contributed by atoms with van der Waals surface area (Å²) >= 11 is 0. The smallest absolute Gasteiger partial charge is 0.334 e. The molecule has 1 aliphatic rings. The van der Waals surface area contributed by atoms with Crippen LogP contribution >= 0.6 is 0 Å². The van der Waals surface area contributed by atoms with E-state index in [-0.39, 0.29) is 5.91 Å². The molecule has 2 unspecified atom stereocenters. The molecule has 0 fully saturated rings. The van der Waals surface area contributed by atoms with Crippen LogP contribution in [0.2, 0.25) is 0 Å². The summed E-state index contributed by atoms with van der Waals surface area (Å²) in [6.07, 6.45) is 0. The van der Waals surface area contributed by atoms with Crippen LogP contribution in [-0.4, -0.2) is 36.3 Å². The molecular weight excluding hydrogens is 184 g/mol. The molecular formula is C9H14N2O3. The Balaban J connectivity index is 2.76. The van der Waals surface area contributed by atoms with Crippen molar-refractivity contribution in [2.24, 2.45) is 4.99 Å². The molecule has 1 amide bonds. The standard InChI is InChI=1S/C9H14N2O3/c1-4-14-9(13)7-5(2)10-6(3)8(12)11-7/h6-7H,4H2,1-3H3,(H,11,12). The van der Waals surface area contributed by atoms with E-state index in [0.29, 0.717) is 12.3 Å². The van der Waals surface area contributed by atoms with Gasteiger partial charge in [-0.05, 0) is 20.8 Å². The lowest BCUT2D eigenvalue weighted by molar-refractivity contribution is -0.145. The number of hydrogen-bond donors (Lipinski definition) is 1. The van der Waals surface area contributed by atoms with E-state index in [0.717, 1.165) is 0 Å². The Morgan fingerprint density at radius 3 is 2.86 bits per heavy atom. The third-order valence-corrected chi connectivity index (χ3v) is 2.00. The zero-order valence-electron chi connectivity index (χ0n) is 8.53. The zero-order chi connectivity index (χ0) is 10.7. The highest BCUT2D eigenvalue weighted by Gasteiger charge is 2.31. The second-order valence-electron chi connectivity index (χ2n) is 3.14. The molecule has 1 N–H and O–H groups in total. The molecule has 5 nitrogen and oxygen atoms in total. The monoisotopic (exact) mass is 198 g/mol. The Morgan fingerprint density at radius 2 is 2.29 bits per heavy atom. The fourth-order valence-electron chi connectivity index (χ4n) is 1.26. The fraction of sp³-hybridized carbons (Fsp3) is 0.667. The number of carbonyl (C=O) groups is 2. The van der Waals surface area contributed by atoms with Crippen molar-refractivity contribution < 1.29 is 14.3 Å². The third-order valence-electron chi connectivity index (χ3n) is 2.00. The van der Waals surface area contributed by atoms with Gasteiger partial charge in [0.05, 0.1) is 6.61 Å². The second-order valence-corrected chi connectivity index (χ2v) is 3.14. The van der Waals surface area contributed by atoms with Crippen LogP contribution in [0.3, 0.4) is 0 Å². The molecule has 0 saturated carbocycles. The highest BCUT2D eigenvalue weighted by molar-refractivity contribution is 6.10. The highest BCUT2D eigenvalue weighted by atomic mass is 16.5. The molecule has 1 aliphatic heterocycles. The summed E-state index contributed by atoms with van der Waals surface area (Å²) in [4.78, 5) is 26.6. The quantitative estimate of drug-likeness (QED) is 0.630. The minimum Gasteiger partial charge on any atom is -0.464 e. The SMILES string of the molecule is CCOC(=O)C1NC(=O)C(C)N=C1C. The number of carbonyl (C=O) groups excluding carboxylic acids is 2. The van der Waals surface area contributed by atoms with Gasteiger partial charge in [-0.3, -0.25) is 9.79 Å². The Kier molecular flexibility index (Phi) is 3.22. The first-order chi connectivity index (χ1) is 6.56. The van der Waals surface area contributed by atoms with E-state index >= 15 is 0 Å². The Bertz CT molecular complexity index is 286. The van der Waals surface area contributed by atoms with Gasteiger partial charge < -0.3 is 10.1 Å². The van der Waals surface area contributed by atoms with Crippen molar-refractivity contribution in [1.82, 2.24) is 5.32 Å². The maximum atomic E-state index is 11.3. The molecule has 1 heterocycles. The molecule has 0 radical (unpaired) electrons. The van der Waals surface area contributed by atoms with Crippen LogP contribution in [-0.2, 0) is 14.3 Å².